The smallest absolute Gasteiger partial charge is 0.241 e. The van der Waals surface area contributed by atoms with E-state index in [4.69, 9.17) is 10.5 Å². The van der Waals surface area contributed by atoms with Gasteiger partial charge in [-0.3, -0.25) is 4.79 Å². The number of methoxy groups -OCH3 is 1. The van der Waals surface area contributed by atoms with Gasteiger partial charge in [-0.25, -0.2) is 0 Å². The number of aryl methyl sites for hydroxylation is 1. The second-order valence-corrected chi connectivity index (χ2v) is 4.97. The van der Waals surface area contributed by atoms with E-state index in [1.54, 1.807) is 13.2 Å². The van der Waals surface area contributed by atoms with E-state index in [0.29, 0.717) is 6.42 Å². The zero-order valence-electron chi connectivity index (χ0n) is 12.3. The van der Waals surface area contributed by atoms with E-state index in [0.717, 1.165) is 22.6 Å². The van der Waals surface area contributed by atoms with Crippen molar-refractivity contribution in [1.82, 2.24) is 0 Å². The predicted octanol–water partition coefficient (Wildman–Crippen LogP) is 2.51. The zero-order chi connectivity index (χ0) is 15.2. The topological polar surface area (TPSA) is 64.3 Å². The van der Waals surface area contributed by atoms with E-state index in [2.05, 4.69) is 5.32 Å². The monoisotopic (exact) mass is 284 g/mol. The van der Waals surface area contributed by atoms with Gasteiger partial charge in [-0.15, -0.1) is 0 Å². The third-order valence-corrected chi connectivity index (χ3v) is 3.30. The first kappa shape index (κ1) is 15.1. The van der Waals surface area contributed by atoms with Crippen molar-refractivity contribution in [1.29, 1.82) is 0 Å². The summed E-state index contributed by atoms with van der Waals surface area (Å²) in [6.45, 7) is 1.93. The van der Waals surface area contributed by atoms with Crippen LogP contribution in [0, 0.1) is 6.92 Å². The van der Waals surface area contributed by atoms with Gasteiger partial charge in [0.15, 0.2) is 0 Å². The Morgan fingerprint density at radius 2 is 1.95 bits per heavy atom. The number of nitrogens with one attached hydrogen (secondary N) is 1. The second-order valence-electron chi connectivity index (χ2n) is 4.97. The van der Waals surface area contributed by atoms with Gasteiger partial charge in [0.05, 0.1) is 13.2 Å². The van der Waals surface area contributed by atoms with E-state index in [-0.39, 0.29) is 5.91 Å². The molecule has 2 aromatic rings. The number of amides is 1. The molecule has 0 aromatic heterocycles. The Hall–Kier alpha value is -2.33. The molecule has 4 nitrogen and oxygen atoms in total. The molecule has 0 unspecified atom stereocenters. The predicted molar refractivity (Wildman–Crippen MR) is 84.5 cm³/mol. The average molecular weight is 284 g/mol. The summed E-state index contributed by atoms with van der Waals surface area (Å²) >= 11 is 0. The van der Waals surface area contributed by atoms with E-state index in [1.165, 1.54) is 0 Å². The normalized spacial score (nSPS) is 11.8. The van der Waals surface area contributed by atoms with Crippen LogP contribution in [0.1, 0.15) is 11.1 Å². The fraction of sp³-hybridized carbons (Fsp3) is 0.235. The Morgan fingerprint density at radius 1 is 1.24 bits per heavy atom. The van der Waals surface area contributed by atoms with Crippen molar-refractivity contribution >= 4 is 11.6 Å². The number of hydrogen-bond donors (Lipinski definition) is 2. The van der Waals surface area contributed by atoms with Crippen LogP contribution in [-0.2, 0) is 11.2 Å². The first-order valence-corrected chi connectivity index (χ1v) is 6.85. The molecule has 0 radical (unpaired) electrons. The van der Waals surface area contributed by atoms with E-state index < -0.39 is 6.04 Å². The van der Waals surface area contributed by atoms with Crippen molar-refractivity contribution < 1.29 is 9.53 Å². The number of nitrogens with two attached hydrogens (primary N) is 1. The van der Waals surface area contributed by atoms with Gasteiger partial charge in [-0.2, -0.15) is 0 Å². The van der Waals surface area contributed by atoms with Crippen LogP contribution in [0.3, 0.4) is 0 Å². The largest absolute Gasteiger partial charge is 0.496 e. The summed E-state index contributed by atoms with van der Waals surface area (Å²) in [5.74, 6) is 0.602. The van der Waals surface area contributed by atoms with Crippen LogP contribution in [0.2, 0.25) is 0 Å². The van der Waals surface area contributed by atoms with E-state index in [9.17, 15) is 4.79 Å². The maximum Gasteiger partial charge on any atom is 0.241 e. The summed E-state index contributed by atoms with van der Waals surface area (Å²) in [7, 11) is 1.62. The molecule has 0 spiro atoms. The summed E-state index contributed by atoms with van der Waals surface area (Å²) in [5, 5.41) is 2.83. The summed E-state index contributed by atoms with van der Waals surface area (Å²) < 4.78 is 5.19. The molecule has 0 saturated carbocycles. The van der Waals surface area contributed by atoms with Crippen molar-refractivity contribution in [2.75, 3.05) is 12.4 Å². The molecule has 2 rings (SSSR count). The maximum atomic E-state index is 12.1. The molecule has 4 heteroatoms. The lowest BCUT2D eigenvalue weighted by molar-refractivity contribution is -0.117. The summed E-state index contributed by atoms with van der Waals surface area (Å²) in [6, 6.07) is 14.7. The molecule has 110 valence electrons. The number of anilines is 1. The average Bonchev–Trinajstić information content (AvgIpc) is 2.48. The molecule has 0 bridgehead atoms. The third kappa shape index (κ3) is 4.07. The Kier molecular flexibility index (Phi) is 4.95. The molecular weight excluding hydrogens is 264 g/mol. The number of ether oxygens (including phenoxy) is 1. The molecule has 0 fully saturated rings. The summed E-state index contributed by atoms with van der Waals surface area (Å²) in [5.41, 5.74) is 8.69. The minimum Gasteiger partial charge on any atom is -0.496 e. The minimum absolute atomic E-state index is 0.191. The SMILES string of the molecule is COc1ccc(NC(=O)[C@@H](N)Cc2ccccc2)cc1C. The van der Waals surface area contributed by atoms with Gasteiger partial charge in [0, 0.05) is 5.69 Å². The van der Waals surface area contributed by atoms with Crippen LogP contribution in [0.25, 0.3) is 0 Å². The van der Waals surface area contributed by atoms with E-state index >= 15 is 0 Å². The third-order valence-electron chi connectivity index (χ3n) is 3.30. The first-order valence-electron chi connectivity index (χ1n) is 6.85. The van der Waals surface area contributed by atoms with Crippen LogP contribution >= 0.6 is 0 Å². The van der Waals surface area contributed by atoms with Crippen LogP contribution in [0.5, 0.6) is 5.75 Å². The van der Waals surface area contributed by atoms with Gasteiger partial charge in [0.25, 0.3) is 0 Å². The first-order chi connectivity index (χ1) is 10.1. The number of hydrogen-bond acceptors (Lipinski definition) is 3. The number of benzene rings is 2. The number of carbonyl (C=O) groups excluding carboxylic acids is 1. The lowest BCUT2D eigenvalue weighted by Crippen LogP contribution is -2.37. The van der Waals surface area contributed by atoms with Gasteiger partial charge >= 0.3 is 0 Å². The van der Waals surface area contributed by atoms with Crippen molar-refractivity contribution in [3.8, 4) is 5.75 Å². The molecule has 3 N–H and O–H groups in total. The molecule has 1 amide bonds. The highest BCUT2D eigenvalue weighted by Crippen LogP contribution is 2.21. The van der Waals surface area contributed by atoms with Gasteiger partial charge < -0.3 is 15.8 Å². The Labute approximate surface area is 124 Å². The zero-order valence-corrected chi connectivity index (χ0v) is 12.3. The number of rotatable bonds is 5. The van der Waals surface area contributed by atoms with Crippen molar-refractivity contribution in [2.24, 2.45) is 5.73 Å². The molecule has 1 atom stereocenters. The lowest BCUT2D eigenvalue weighted by Gasteiger charge is -2.13. The summed E-state index contributed by atoms with van der Waals surface area (Å²) in [6.07, 6.45) is 0.516. The van der Waals surface area contributed by atoms with Crippen molar-refractivity contribution in [2.45, 2.75) is 19.4 Å². The highest BCUT2D eigenvalue weighted by atomic mass is 16.5. The fourth-order valence-corrected chi connectivity index (χ4v) is 2.15. The van der Waals surface area contributed by atoms with Gasteiger partial charge in [0.2, 0.25) is 5.91 Å². The van der Waals surface area contributed by atoms with Crippen LogP contribution in [0.4, 0.5) is 5.69 Å². The Bertz CT molecular complexity index is 611. The minimum atomic E-state index is -0.574. The molecule has 0 aliphatic heterocycles. The van der Waals surface area contributed by atoms with Gasteiger partial charge in [0.1, 0.15) is 5.75 Å². The van der Waals surface area contributed by atoms with Crippen molar-refractivity contribution in [3.05, 3.63) is 59.7 Å². The quantitative estimate of drug-likeness (QED) is 0.886. The van der Waals surface area contributed by atoms with Crippen LogP contribution in [0.15, 0.2) is 48.5 Å². The lowest BCUT2D eigenvalue weighted by atomic mass is 10.1. The molecule has 0 aliphatic carbocycles. The molecular formula is C17H20N2O2. The van der Waals surface area contributed by atoms with E-state index in [1.807, 2.05) is 49.4 Å². The standard InChI is InChI=1S/C17H20N2O2/c1-12-10-14(8-9-16(12)21-2)19-17(20)15(18)11-13-6-4-3-5-7-13/h3-10,15H,11,18H2,1-2H3,(H,19,20)/t15-/m0/s1. The van der Waals surface area contributed by atoms with Crippen LogP contribution in [-0.4, -0.2) is 19.1 Å². The van der Waals surface area contributed by atoms with Crippen LogP contribution < -0.4 is 15.8 Å². The highest BCUT2D eigenvalue weighted by Gasteiger charge is 2.14. The molecule has 0 saturated heterocycles. The molecule has 0 heterocycles. The van der Waals surface area contributed by atoms with Gasteiger partial charge in [-0.05, 0) is 42.7 Å². The molecule has 0 aliphatic rings. The van der Waals surface area contributed by atoms with Gasteiger partial charge in [-0.1, -0.05) is 30.3 Å². The highest BCUT2D eigenvalue weighted by molar-refractivity contribution is 5.95. The maximum absolute atomic E-state index is 12.1. The summed E-state index contributed by atoms with van der Waals surface area (Å²) in [4.78, 5) is 12.1. The fourth-order valence-electron chi connectivity index (χ4n) is 2.15. The number of carbonyl (C=O) groups is 1. The van der Waals surface area contributed by atoms with Crippen molar-refractivity contribution in [3.63, 3.8) is 0 Å². The Balaban J connectivity index is 1.99. The molecule has 21 heavy (non-hydrogen) atoms. The second kappa shape index (κ2) is 6.90. The molecule has 2 aromatic carbocycles. The Morgan fingerprint density at radius 3 is 2.57 bits per heavy atom.